The zero-order valence-corrected chi connectivity index (χ0v) is 11.5. The van der Waals surface area contributed by atoms with Crippen LogP contribution in [0.15, 0.2) is 12.4 Å². The molecule has 1 aromatic heterocycles. The van der Waals surface area contributed by atoms with Crippen molar-refractivity contribution in [1.82, 2.24) is 19.4 Å². The van der Waals surface area contributed by atoms with Gasteiger partial charge in [0.15, 0.2) is 0 Å². The van der Waals surface area contributed by atoms with Crippen molar-refractivity contribution >= 4 is 0 Å². The highest BCUT2D eigenvalue weighted by atomic mass is 15.3. The van der Waals surface area contributed by atoms with Crippen LogP contribution in [-0.4, -0.2) is 51.1 Å². The van der Waals surface area contributed by atoms with Crippen LogP contribution in [0.1, 0.15) is 26.6 Å². The van der Waals surface area contributed by atoms with Gasteiger partial charge < -0.3 is 4.57 Å². The van der Waals surface area contributed by atoms with Gasteiger partial charge >= 0.3 is 0 Å². The normalized spacial score (nSPS) is 19.8. The first-order valence-electron chi connectivity index (χ1n) is 6.40. The molecular weight excluding hydrogens is 212 g/mol. The van der Waals surface area contributed by atoms with Crippen LogP contribution < -0.4 is 0 Å². The van der Waals surface area contributed by atoms with E-state index in [1.807, 2.05) is 12.4 Å². The van der Waals surface area contributed by atoms with E-state index in [0.29, 0.717) is 5.54 Å². The molecule has 0 radical (unpaired) electrons. The fourth-order valence-electron chi connectivity index (χ4n) is 2.33. The lowest BCUT2D eigenvalue weighted by molar-refractivity contribution is 0.0576. The Morgan fingerprint density at radius 3 is 2.29 bits per heavy atom. The van der Waals surface area contributed by atoms with Crippen LogP contribution >= 0.6 is 0 Å². The number of imidazole rings is 1. The number of nitrogens with zero attached hydrogens (tertiary/aromatic N) is 4. The maximum Gasteiger partial charge on any atom is 0.122 e. The number of rotatable bonds is 2. The van der Waals surface area contributed by atoms with Crippen LogP contribution in [0.5, 0.6) is 0 Å². The van der Waals surface area contributed by atoms with Crippen molar-refractivity contribution in [2.45, 2.75) is 32.9 Å². The highest BCUT2D eigenvalue weighted by Crippen LogP contribution is 2.16. The van der Waals surface area contributed by atoms with Crippen molar-refractivity contribution in [2.24, 2.45) is 7.05 Å². The van der Waals surface area contributed by atoms with Gasteiger partial charge in [-0.3, -0.25) is 9.80 Å². The molecule has 0 bridgehead atoms. The van der Waals surface area contributed by atoms with E-state index in [0.717, 1.165) is 38.5 Å². The van der Waals surface area contributed by atoms with E-state index in [4.69, 9.17) is 0 Å². The second-order valence-electron chi connectivity index (χ2n) is 5.89. The first-order chi connectivity index (χ1) is 7.97. The minimum Gasteiger partial charge on any atom is -0.337 e. The molecule has 2 heterocycles. The fourth-order valence-corrected chi connectivity index (χ4v) is 2.33. The summed E-state index contributed by atoms with van der Waals surface area (Å²) in [6.07, 6.45) is 3.89. The minimum atomic E-state index is 0.301. The van der Waals surface area contributed by atoms with Gasteiger partial charge in [0.05, 0.1) is 6.54 Å². The molecule has 1 saturated heterocycles. The van der Waals surface area contributed by atoms with Gasteiger partial charge in [-0.15, -0.1) is 0 Å². The molecule has 0 unspecified atom stereocenters. The second kappa shape index (κ2) is 4.78. The van der Waals surface area contributed by atoms with Gasteiger partial charge in [-0.1, -0.05) is 0 Å². The van der Waals surface area contributed by atoms with Crippen LogP contribution in [0, 0.1) is 0 Å². The molecule has 0 atom stereocenters. The van der Waals surface area contributed by atoms with Crippen LogP contribution in [-0.2, 0) is 13.6 Å². The third kappa shape index (κ3) is 3.07. The third-order valence-electron chi connectivity index (χ3n) is 3.61. The molecule has 17 heavy (non-hydrogen) atoms. The average molecular weight is 236 g/mol. The Labute approximate surface area is 104 Å². The lowest BCUT2D eigenvalue weighted by Gasteiger charge is -2.42. The van der Waals surface area contributed by atoms with Crippen LogP contribution in [0.25, 0.3) is 0 Å². The van der Waals surface area contributed by atoms with Gasteiger partial charge in [-0.25, -0.2) is 4.98 Å². The number of aryl methyl sites for hydroxylation is 1. The molecule has 1 fully saturated rings. The Hall–Kier alpha value is -0.870. The summed E-state index contributed by atoms with van der Waals surface area (Å²) in [5.41, 5.74) is 0.301. The molecule has 0 aliphatic carbocycles. The Kier molecular flexibility index (Phi) is 3.54. The molecule has 1 aliphatic heterocycles. The van der Waals surface area contributed by atoms with Crippen LogP contribution in [0.2, 0.25) is 0 Å². The molecule has 0 aromatic carbocycles. The Balaban J connectivity index is 1.86. The van der Waals surface area contributed by atoms with E-state index in [1.54, 1.807) is 0 Å². The van der Waals surface area contributed by atoms with Crippen molar-refractivity contribution in [3.63, 3.8) is 0 Å². The topological polar surface area (TPSA) is 24.3 Å². The first kappa shape index (κ1) is 12.6. The summed E-state index contributed by atoms with van der Waals surface area (Å²) < 4.78 is 2.11. The summed E-state index contributed by atoms with van der Waals surface area (Å²) in [6.45, 7) is 12.5. The zero-order chi connectivity index (χ0) is 12.5. The number of piperazine rings is 1. The maximum atomic E-state index is 4.39. The molecule has 4 nitrogen and oxygen atoms in total. The van der Waals surface area contributed by atoms with E-state index >= 15 is 0 Å². The van der Waals surface area contributed by atoms with Crippen LogP contribution in [0.4, 0.5) is 0 Å². The SMILES string of the molecule is Cn1ccnc1CN1CCN(C(C)(C)C)CC1. The van der Waals surface area contributed by atoms with Gasteiger partial charge in [0.25, 0.3) is 0 Å². The minimum absolute atomic E-state index is 0.301. The highest BCUT2D eigenvalue weighted by molar-refractivity contribution is 4.92. The lowest BCUT2D eigenvalue weighted by atomic mass is 10.1. The molecule has 2 rings (SSSR count). The molecule has 96 valence electrons. The molecule has 0 amide bonds. The van der Waals surface area contributed by atoms with Gasteiger partial charge in [-0.2, -0.15) is 0 Å². The predicted octanol–water partition coefficient (Wildman–Crippen LogP) is 1.34. The molecular formula is C13H24N4. The van der Waals surface area contributed by atoms with Crippen molar-refractivity contribution in [3.8, 4) is 0 Å². The third-order valence-corrected chi connectivity index (χ3v) is 3.61. The Morgan fingerprint density at radius 1 is 1.18 bits per heavy atom. The van der Waals surface area contributed by atoms with Gasteiger partial charge in [0, 0.05) is 51.2 Å². The summed E-state index contributed by atoms with van der Waals surface area (Å²) in [4.78, 5) is 9.43. The number of aromatic nitrogens is 2. The molecule has 0 saturated carbocycles. The van der Waals surface area contributed by atoms with Crippen LogP contribution in [0.3, 0.4) is 0 Å². The summed E-state index contributed by atoms with van der Waals surface area (Å²) in [6, 6.07) is 0. The zero-order valence-electron chi connectivity index (χ0n) is 11.5. The lowest BCUT2D eigenvalue weighted by Crippen LogP contribution is -2.53. The summed E-state index contributed by atoms with van der Waals surface area (Å²) in [5.74, 6) is 1.16. The number of hydrogen-bond donors (Lipinski definition) is 0. The standard InChI is InChI=1S/C13H24N4/c1-13(2,3)17-9-7-16(8-10-17)11-12-14-5-6-15(12)4/h5-6H,7-11H2,1-4H3. The first-order valence-corrected chi connectivity index (χ1v) is 6.40. The van der Waals surface area contributed by atoms with Crippen molar-refractivity contribution in [2.75, 3.05) is 26.2 Å². The molecule has 1 aromatic rings. The summed E-state index contributed by atoms with van der Waals surface area (Å²) in [7, 11) is 2.06. The highest BCUT2D eigenvalue weighted by Gasteiger charge is 2.25. The molecule has 4 heteroatoms. The summed E-state index contributed by atoms with van der Waals surface area (Å²) in [5, 5.41) is 0. The fraction of sp³-hybridized carbons (Fsp3) is 0.769. The quantitative estimate of drug-likeness (QED) is 0.774. The number of hydrogen-bond acceptors (Lipinski definition) is 3. The molecule has 0 spiro atoms. The average Bonchev–Trinajstić information content (AvgIpc) is 2.64. The van der Waals surface area contributed by atoms with Gasteiger partial charge in [-0.05, 0) is 20.8 Å². The van der Waals surface area contributed by atoms with Gasteiger partial charge in [0.1, 0.15) is 5.82 Å². The Morgan fingerprint density at radius 2 is 1.82 bits per heavy atom. The predicted molar refractivity (Wildman–Crippen MR) is 69.8 cm³/mol. The Bertz CT molecular complexity index is 356. The smallest absolute Gasteiger partial charge is 0.122 e. The summed E-state index contributed by atoms with van der Waals surface area (Å²) >= 11 is 0. The second-order valence-corrected chi connectivity index (χ2v) is 5.89. The van der Waals surface area contributed by atoms with Crippen molar-refractivity contribution in [1.29, 1.82) is 0 Å². The van der Waals surface area contributed by atoms with Gasteiger partial charge in [0.2, 0.25) is 0 Å². The monoisotopic (exact) mass is 236 g/mol. The van der Waals surface area contributed by atoms with E-state index in [2.05, 4.69) is 47.2 Å². The van der Waals surface area contributed by atoms with Crippen molar-refractivity contribution in [3.05, 3.63) is 18.2 Å². The molecule has 0 N–H and O–H groups in total. The van der Waals surface area contributed by atoms with Crippen molar-refractivity contribution < 1.29 is 0 Å². The van der Waals surface area contributed by atoms with E-state index in [1.165, 1.54) is 0 Å². The molecule has 1 aliphatic rings. The van der Waals surface area contributed by atoms with E-state index < -0.39 is 0 Å². The largest absolute Gasteiger partial charge is 0.337 e. The van der Waals surface area contributed by atoms with E-state index in [9.17, 15) is 0 Å². The van der Waals surface area contributed by atoms with E-state index in [-0.39, 0.29) is 0 Å². The maximum absolute atomic E-state index is 4.39.